The first-order valence-electron chi connectivity index (χ1n) is 5.12. The predicted molar refractivity (Wildman–Crippen MR) is 65.6 cm³/mol. The van der Waals surface area contributed by atoms with Gasteiger partial charge in [0.2, 0.25) is 0 Å². The molecule has 0 spiro atoms. The molecular formula is C12H15ClN2O. The summed E-state index contributed by atoms with van der Waals surface area (Å²) < 4.78 is 5.27. The fourth-order valence-electron chi connectivity index (χ4n) is 1.29. The fraction of sp³-hybridized carbons (Fsp3) is 0.417. The molecule has 0 aliphatic heterocycles. The zero-order valence-corrected chi connectivity index (χ0v) is 10.2. The van der Waals surface area contributed by atoms with Crippen LogP contribution in [0.15, 0.2) is 24.3 Å². The van der Waals surface area contributed by atoms with Crippen LogP contribution in [0.25, 0.3) is 0 Å². The number of nitrogens with zero attached hydrogens (tertiary/aromatic N) is 1. The summed E-state index contributed by atoms with van der Waals surface area (Å²) in [6, 6.07) is 9.48. The van der Waals surface area contributed by atoms with Crippen LogP contribution in [0, 0.1) is 11.3 Å². The van der Waals surface area contributed by atoms with E-state index in [0.717, 1.165) is 5.69 Å². The SMILES string of the molecule is CCOCC(C)(C#N)Nc1cccc(Cl)c1. The number of halogens is 1. The lowest BCUT2D eigenvalue weighted by Crippen LogP contribution is -2.38. The van der Waals surface area contributed by atoms with E-state index in [-0.39, 0.29) is 0 Å². The molecule has 16 heavy (non-hydrogen) atoms. The molecule has 1 atom stereocenters. The Kier molecular flexibility index (Phi) is 4.60. The van der Waals surface area contributed by atoms with Crippen LogP contribution in [-0.2, 0) is 4.74 Å². The largest absolute Gasteiger partial charge is 0.378 e. The maximum Gasteiger partial charge on any atom is 0.146 e. The molecule has 0 saturated heterocycles. The smallest absolute Gasteiger partial charge is 0.146 e. The lowest BCUT2D eigenvalue weighted by atomic mass is 10.1. The third kappa shape index (κ3) is 3.73. The second-order valence-electron chi connectivity index (χ2n) is 3.72. The minimum absolute atomic E-state index is 0.340. The van der Waals surface area contributed by atoms with Crippen LogP contribution in [0.5, 0.6) is 0 Å². The average molecular weight is 239 g/mol. The van der Waals surface area contributed by atoms with Gasteiger partial charge in [0, 0.05) is 17.3 Å². The van der Waals surface area contributed by atoms with Crippen molar-refractivity contribution in [3.8, 4) is 6.07 Å². The number of ether oxygens (including phenoxy) is 1. The summed E-state index contributed by atoms with van der Waals surface area (Å²) in [5.74, 6) is 0. The minimum Gasteiger partial charge on any atom is -0.378 e. The van der Waals surface area contributed by atoms with Gasteiger partial charge in [0.15, 0.2) is 0 Å². The van der Waals surface area contributed by atoms with Crippen LogP contribution in [0.3, 0.4) is 0 Å². The molecule has 3 nitrogen and oxygen atoms in total. The van der Waals surface area contributed by atoms with Gasteiger partial charge in [-0.3, -0.25) is 0 Å². The molecule has 1 N–H and O–H groups in total. The summed E-state index contributed by atoms with van der Waals surface area (Å²) in [6.07, 6.45) is 0. The summed E-state index contributed by atoms with van der Waals surface area (Å²) in [7, 11) is 0. The van der Waals surface area contributed by atoms with Gasteiger partial charge in [0.05, 0.1) is 12.7 Å². The molecule has 0 saturated carbocycles. The number of nitrogens with one attached hydrogen (secondary N) is 1. The highest BCUT2D eigenvalue weighted by Gasteiger charge is 2.23. The molecule has 0 radical (unpaired) electrons. The Bertz CT molecular complexity index is 389. The number of anilines is 1. The maximum atomic E-state index is 9.12. The van der Waals surface area contributed by atoms with Crippen LogP contribution in [0.1, 0.15) is 13.8 Å². The molecule has 86 valence electrons. The number of rotatable bonds is 5. The van der Waals surface area contributed by atoms with Crippen molar-refractivity contribution in [2.24, 2.45) is 0 Å². The summed E-state index contributed by atoms with van der Waals surface area (Å²) in [5.41, 5.74) is 0.0806. The fourth-order valence-corrected chi connectivity index (χ4v) is 1.48. The third-order valence-electron chi connectivity index (χ3n) is 2.09. The van der Waals surface area contributed by atoms with E-state index in [1.807, 2.05) is 19.1 Å². The molecule has 1 aromatic carbocycles. The Morgan fingerprint density at radius 1 is 1.56 bits per heavy atom. The molecular weight excluding hydrogens is 224 g/mol. The van der Waals surface area contributed by atoms with Gasteiger partial charge < -0.3 is 10.1 Å². The normalized spacial score (nSPS) is 13.9. The van der Waals surface area contributed by atoms with E-state index in [4.69, 9.17) is 21.6 Å². The molecule has 1 rings (SSSR count). The van der Waals surface area contributed by atoms with Crippen LogP contribution < -0.4 is 5.32 Å². The molecule has 0 heterocycles. The Morgan fingerprint density at radius 3 is 2.88 bits per heavy atom. The van der Waals surface area contributed by atoms with Gasteiger partial charge >= 0.3 is 0 Å². The van der Waals surface area contributed by atoms with Gasteiger partial charge in [-0.1, -0.05) is 17.7 Å². The van der Waals surface area contributed by atoms with Crippen molar-refractivity contribution in [3.05, 3.63) is 29.3 Å². The predicted octanol–water partition coefficient (Wildman–Crippen LogP) is 3.07. The number of hydrogen-bond donors (Lipinski definition) is 1. The Balaban J connectivity index is 2.73. The van der Waals surface area contributed by atoms with E-state index >= 15 is 0 Å². The number of hydrogen-bond acceptors (Lipinski definition) is 3. The van der Waals surface area contributed by atoms with Gasteiger partial charge in [0.25, 0.3) is 0 Å². The molecule has 1 aromatic rings. The van der Waals surface area contributed by atoms with E-state index in [0.29, 0.717) is 18.2 Å². The monoisotopic (exact) mass is 238 g/mol. The van der Waals surface area contributed by atoms with Gasteiger partial charge in [-0.2, -0.15) is 5.26 Å². The molecule has 1 unspecified atom stereocenters. The minimum atomic E-state index is -0.735. The lowest BCUT2D eigenvalue weighted by molar-refractivity contribution is 0.125. The van der Waals surface area contributed by atoms with Crippen molar-refractivity contribution in [2.75, 3.05) is 18.5 Å². The Morgan fingerprint density at radius 2 is 2.31 bits per heavy atom. The highest BCUT2D eigenvalue weighted by atomic mass is 35.5. The molecule has 0 aromatic heterocycles. The molecule has 0 aliphatic rings. The quantitative estimate of drug-likeness (QED) is 0.858. The Hall–Kier alpha value is -1.24. The van der Waals surface area contributed by atoms with Crippen molar-refractivity contribution in [1.82, 2.24) is 0 Å². The molecule has 4 heteroatoms. The summed E-state index contributed by atoms with van der Waals surface area (Å²) in [6.45, 7) is 4.63. The summed E-state index contributed by atoms with van der Waals surface area (Å²) >= 11 is 5.87. The van der Waals surface area contributed by atoms with E-state index < -0.39 is 5.54 Å². The average Bonchev–Trinajstić information content (AvgIpc) is 2.26. The zero-order chi connectivity index (χ0) is 12.0. The van der Waals surface area contributed by atoms with Crippen molar-refractivity contribution in [3.63, 3.8) is 0 Å². The van der Waals surface area contributed by atoms with Crippen LogP contribution >= 0.6 is 11.6 Å². The van der Waals surface area contributed by atoms with Gasteiger partial charge in [0.1, 0.15) is 5.54 Å². The van der Waals surface area contributed by atoms with E-state index in [1.54, 1.807) is 19.1 Å². The molecule has 0 aliphatic carbocycles. The standard InChI is InChI=1S/C12H15ClN2O/c1-3-16-9-12(2,8-14)15-11-6-4-5-10(13)7-11/h4-7,15H,3,9H2,1-2H3. The van der Waals surface area contributed by atoms with Gasteiger partial charge in [-0.25, -0.2) is 0 Å². The first-order chi connectivity index (χ1) is 7.59. The molecule has 0 bridgehead atoms. The number of benzene rings is 1. The molecule has 0 fully saturated rings. The molecule has 0 amide bonds. The van der Waals surface area contributed by atoms with Gasteiger partial charge in [-0.15, -0.1) is 0 Å². The Labute approximate surface area is 101 Å². The summed E-state index contributed by atoms with van der Waals surface area (Å²) in [4.78, 5) is 0. The first kappa shape index (κ1) is 12.8. The maximum absolute atomic E-state index is 9.12. The van der Waals surface area contributed by atoms with E-state index in [1.165, 1.54) is 0 Å². The van der Waals surface area contributed by atoms with Crippen molar-refractivity contribution in [2.45, 2.75) is 19.4 Å². The van der Waals surface area contributed by atoms with Crippen LogP contribution in [-0.4, -0.2) is 18.8 Å². The number of nitriles is 1. The van der Waals surface area contributed by atoms with Gasteiger partial charge in [-0.05, 0) is 32.0 Å². The van der Waals surface area contributed by atoms with Crippen molar-refractivity contribution < 1.29 is 4.74 Å². The second kappa shape index (κ2) is 5.74. The zero-order valence-electron chi connectivity index (χ0n) is 9.46. The first-order valence-corrected chi connectivity index (χ1v) is 5.50. The van der Waals surface area contributed by atoms with Crippen LogP contribution in [0.4, 0.5) is 5.69 Å². The van der Waals surface area contributed by atoms with Crippen LogP contribution in [0.2, 0.25) is 5.02 Å². The van der Waals surface area contributed by atoms with E-state index in [9.17, 15) is 0 Å². The summed E-state index contributed by atoms with van der Waals surface area (Å²) in [5, 5.41) is 12.9. The second-order valence-corrected chi connectivity index (χ2v) is 4.15. The highest BCUT2D eigenvalue weighted by Crippen LogP contribution is 2.19. The lowest BCUT2D eigenvalue weighted by Gasteiger charge is -2.24. The highest BCUT2D eigenvalue weighted by molar-refractivity contribution is 6.30. The van der Waals surface area contributed by atoms with Crippen molar-refractivity contribution >= 4 is 17.3 Å². The van der Waals surface area contributed by atoms with E-state index in [2.05, 4.69) is 11.4 Å². The third-order valence-corrected chi connectivity index (χ3v) is 2.32. The topological polar surface area (TPSA) is 45.0 Å². The van der Waals surface area contributed by atoms with Crippen molar-refractivity contribution in [1.29, 1.82) is 5.26 Å².